The molecule has 1 aliphatic heterocycles. The standard InChI is InChI=1S/C17H13BrF2N2O3/c18-9-1-2-11(12(5-9)16(21)23)17(24)22-3-4-25-15-7-10(19)6-14(20)13(15)8-22/h1-2,5-7H,3-4,8H2,(H2,21,23). The number of amides is 2. The van der Waals surface area contributed by atoms with E-state index < -0.39 is 23.4 Å². The minimum Gasteiger partial charge on any atom is -0.491 e. The van der Waals surface area contributed by atoms with Gasteiger partial charge in [0.25, 0.3) is 5.91 Å². The van der Waals surface area contributed by atoms with Gasteiger partial charge in [-0.25, -0.2) is 8.78 Å². The molecule has 1 aliphatic rings. The zero-order valence-electron chi connectivity index (χ0n) is 12.9. The molecule has 0 spiro atoms. The van der Waals surface area contributed by atoms with E-state index in [1.54, 1.807) is 6.07 Å². The second-order valence-electron chi connectivity index (χ2n) is 5.49. The molecule has 2 aromatic carbocycles. The van der Waals surface area contributed by atoms with Crippen LogP contribution in [-0.4, -0.2) is 29.9 Å². The Hall–Kier alpha value is -2.48. The number of halogens is 3. The molecule has 0 aliphatic carbocycles. The third kappa shape index (κ3) is 3.48. The van der Waals surface area contributed by atoms with Gasteiger partial charge in [-0.2, -0.15) is 0 Å². The molecule has 0 fully saturated rings. The third-order valence-electron chi connectivity index (χ3n) is 3.85. The highest BCUT2D eigenvalue weighted by atomic mass is 79.9. The summed E-state index contributed by atoms with van der Waals surface area (Å²) in [5.41, 5.74) is 5.60. The number of primary amides is 1. The molecule has 2 aromatic rings. The van der Waals surface area contributed by atoms with E-state index in [2.05, 4.69) is 15.9 Å². The summed E-state index contributed by atoms with van der Waals surface area (Å²) in [7, 11) is 0. The van der Waals surface area contributed by atoms with Gasteiger partial charge in [0.2, 0.25) is 5.91 Å². The number of ether oxygens (including phenoxy) is 1. The van der Waals surface area contributed by atoms with Crippen molar-refractivity contribution < 1.29 is 23.1 Å². The van der Waals surface area contributed by atoms with Crippen molar-refractivity contribution in [3.05, 3.63) is 63.1 Å². The Bertz CT molecular complexity index is 873. The van der Waals surface area contributed by atoms with Crippen LogP contribution in [0.2, 0.25) is 0 Å². The van der Waals surface area contributed by atoms with Crippen LogP contribution in [0, 0.1) is 11.6 Å². The molecule has 0 unspecified atom stereocenters. The highest BCUT2D eigenvalue weighted by Crippen LogP contribution is 2.28. The van der Waals surface area contributed by atoms with Gasteiger partial charge < -0.3 is 15.4 Å². The number of hydrogen-bond acceptors (Lipinski definition) is 3. The number of nitrogens with two attached hydrogens (primary N) is 1. The van der Waals surface area contributed by atoms with Crippen molar-refractivity contribution in [1.29, 1.82) is 0 Å². The van der Waals surface area contributed by atoms with Crippen molar-refractivity contribution in [3.8, 4) is 5.75 Å². The van der Waals surface area contributed by atoms with E-state index in [-0.39, 0.29) is 42.1 Å². The Morgan fingerprint density at radius 2 is 1.92 bits per heavy atom. The quantitative estimate of drug-likeness (QED) is 0.826. The smallest absolute Gasteiger partial charge is 0.255 e. The van der Waals surface area contributed by atoms with E-state index in [1.165, 1.54) is 17.0 Å². The zero-order valence-corrected chi connectivity index (χ0v) is 14.5. The molecular formula is C17H13BrF2N2O3. The molecule has 0 saturated heterocycles. The normalized spacial score (nSPS) is 13.6. The highest BCUT2D eigenvalue weighted by molar-refractivity contribution is 9.10. The summed E-state index contributed by atoms with van der Waals surface area (Å²) in [6, 6.07) is 6.36. The molecule has 0 bridgehead atoms. The van der Waals surface area contributed by atoms with Gasteiger partial charge in [-0.05, 0) is 18.2 Å². The summed E-state index contributed by atoms with van der Waals surface area (Å²) in [6.45, 7) is 0.126. The summed E-state index contributed by atoms with van der Waals surface area (Å²) < 4.78 is 33.4. The maximum absolute atomic E-state index is 14.1. The second kappa shape index (κ2) is 6.79. The number of rotatable bonds is 2. The Labute approximate surface area is 150 Å². The number of fused-ring (bicyclic) bond motifs is 1. The number of benzene rings is 2. The van der Waals surface area contributed by atoms with Gasteiger partial charge in [0.15, 0.2) is 0 Å². The molecule has 3 rings (SSSR count). The topological polar surface area (TPSA) is 72.6 Å². The largest absolute Gasteiger partial charge is 0.491 e. The molecule has 0 atom stereocenters. The first-order valence-corrected chi connectivity index (χ1v) is 8.15. The molecular weight excluding hydrogens is 398 g/mol. The van der Waals surface area contributed by atoms with E-state index in [9.17, 15) is 18.4 Å². The van der Waals surface area contributed by atoms with Crippen LogP contribution >= 0.6 is 15.9 Å². The van der Waals surface area contributed by atoms with E-state index in [1.807, 2.05) is 0 Å². The van der Waals surface area contributed by atoms with Crippen molar-refractivity contribution >= 4 is 27.7 Å². The third-order valence-corrected chi connectivity index (χ3v) is 4.35. The van der Waals surface area contributed by atoms with Gasteiger partial charge in [-0.15, -0.1) is 0 Å². The summed E-state index contributed by atoms with van der Waals surface area (Å²) in [5.74, 6) is -2.70. The molecule has 2 amide bonds. The molecule has 25 heavy (non-hydrogen) atoms. The molecule has 0 saturated carbocycles. The van der Waals surface area contributed by atoms with Gasteiger partial charge >= 0.3 is 0 Å². The average Bonchev–Trinajstić information content (AvgIpc) is 2.76. The zero-order chi connectivity index (χ0) is 18.1. The van der Waals surface area contributed by atoms with Gasteiger partial charge in [0.05, 0.1) is 24.2 Å². The fourth-order valence-corrected chi connectivity index (χ4v) is 3.01. The van der Waals surface area contributed by atoms with Crippen LogP contribution in [0.1, 0.15) is 26.3 Å². The van der Waals surface area contributed by atoms with Gasteiger partial charge in [-0.3, -0.25) is 9.59 Å². The van der Waals surface area contributed by atoms with Crippen LogP contribution in [0.3, 0.4) is 0 Å². The van der Waals surface area contributed by atoms with Crippen LogP contribution in [0.5, 0.6) is 5.75 Å². The van der Waals surface area contributed by atoms with E-state index in [0.717, 1.165) is 12.1 Å². The summed E-state index contributed by atoms with van der Waals surface area (Å²) >= 11 is 3.22. The van der Waals surface area contributed by atoms with Crippen molar-refractivity contribution in [2.45, 2.75) is 6.54 Å². The summed E-state index contributed by atoms with van der Waals surface area (Å²) in [4.78, 5) is 25.8. The second-order valence-corrected chi connectivity index (χ2v) is 6.41. The molecule has 2 N–H and O–H groups in total. The number of carbonyl (C=O) groups is 2. The minimum atomic E-state index is -0.791. The lowest BCUT2D eigenvalue weighted by Crippen LogP contribution is -2.34. The SMILES string of the molecule is NC(=O)c1cc(Br)ccc1C(=O)N1CCOc2cc(F)cc(F)c2C1. The van der Waals surface area contributed by atoms with Gasteiger partial charge in [0, 0.05) is 22.2 Å². The van der Waals surface area contributed by atoms with Crippen LogP contribution in [0.25, 0.3) is 0 Å². The molecule has 0 aromatic heterocycles. The molecule has 1 heterocycles. The van der Waals surface area contributed by atoms with Crippen molar-refractivity contribution in [1.82, 2.24) is 4.90 Å². The maximum Gasteiger partial charge on any atom is 0.255 e. The molecule has 0 radical (unpaired) electrons. The maximum atomic E-state index is 14.1. The van der Waals surface area contributed by atoms with E-state index in [4.69, 9.17) is 10.5 Å². The van der Waals surface area contributed by atoms with E-state index in [0.29, 0.717) is 4.47 Å². The minimum absolute atomic E-state index is 0.0596. The predicted octanol–water partition coefficient (Wildman–Crippen LogP) is 2.86. The first-order valence-electron chi connectivity index (χ1n) is 7.36. The van der Waals surface area contributed by atoms with Crippen LogP contribution < -0.4 is 10.5 Å². The molecule has 5 nitrogen and oxygen atoms in total. The Kier molecular flexibility index (Phi) is 4.71. The Balaban J connectivity index is 1.97. The first kappa shape index (κ1) is 17.3. The number of nitrogens with zero attached hydrogens (tertiary/aromatic N) is 1. The predicted molar refractivity (Wildman–Crippen MR) is 89.3 cm³/mol. The van der Waals surface area contributed by atoms with Crippen molar-refractivity contribution in [2.24, 2.45) is 5.73 Å². The van der Waals surface area contributed by atoms with Gasteiger partial charge in [-0.1, -0.05) is 15.9 Å². The first-order chi connectivity index (χ1) is 11.9. The van der Waals surface area contributed by atoms with Crippen molar-refractivity contribution in [3.63, 3.8) is 0 Å². The Morgan fingerprint density at radius 3 is 2.64 bits per heavy atom. The lowest BCUT2D eigenvalue weighted by molar-refractivity contribution is 0.0727. The number of hydrogen-bond donors (Lipinski definition) is 1. The van der Waals surface area contributed by atoms with Gasteiger partial charge in [0.1, 0.15) is 24.0 Å². The van der Waals surface area contributed by atoms with E-state index >= 15 is 0 Å². The highest BCUT2D eigenvalue weighted by Gasteiger charge is 2.26. The monoisotopic (exact) mass is 410 g/mol. The van der Waals surface area contributed by atoms with Crippen molar-refractivity contribution in [2.75, 3.05) is 13.2 Å². The lowest BCUT2D eigenvalue weighted by atomic mass is 10.1. The lowest BCUT2D eigenvalue weighted by Gasteiger charge is -2.21. The van der Waals surface area contributed by atoms with Crippen LogP contribution in [0.4, 0.5) is 8.78 Å². The molecule has 130 valence electrons. The Morgan fingerprint density at radius 1 is 1.16 bits per heavy atom. The summed E-state index contributed by atoms with van der Waals surface area (Å²) in [5, 5.41) is 0. The fourth-order valence-electron chi connectivity index (χ4n) is 2.65. The molecule has 8 heteroatoms. The van der Waals surface area contributed by atoms with Crippen LogP contribution in [-0.2, 0) is 6.54 Å². The number of carbonyl (C=O) groups excluding carboxylic acids is 2. The average molecular weight is 411 g/mol. The van der Waals surface area contributed by atoms with Crippen LogP contribution in [0.15, 0.2) is 34.8 Å². The summed E-state index contributed by atoms with van der Waals surface area (Å²) in [6.07, 6.45) is 0. The fraction of sp³-hybridized carbons (Fsp3) is 0.176.